The van der Waals surface area contributed by atoms with Gasteiger partial charge in [-0.1, -0.05) is 19.1 Å². The molecule has 4 nitrogen and oxygen atoms in total. The van der Waals surface area contributed by atoms with Gasteiger partial charge in [0, 0.05) is 6.04 Å². The summed E-state index contributed by atoms with van der Waals surface area (Å²) in [6.45, 7) is 1.93. The molecule has 1 amide bonds. The SMILES string of the molecule is CCC(CC#N)NC(=O)Cc1ccc(O)cc1. The van der Waals surface area contributed by atoms with E-state index in [0.29, 0.717) is 6.42 Å². The lowest BCUT2D eigenvalue weighted by molar-refractivity contribution is -0.121. The highest BCUT2D eigenvalue weighted by atomic mass is 16.3. The Hall–Kier alpha value is -2.02. The highest BCUT2D eigenvalue weighted by Crippen LogP contribution is 2.10. The third-order valence-corrected chi connectivity index (χ3v) is 2.50. The summed E-state index contributed by atoms with van der Waals surface area (Å²) in [6.07, 6.45) is 1.34. The second-order valence-electron chi connectivity index (χ2n) is 3.88. The number of carbonyl (C=O) groups is 1. The van der Waals surface area contributed by atoms with Gasteiger partial charge in [-0.2, -0.15) is 5.26 Å². The molecule has 90 valence electrons. The Bertz CT molecular complexity index is 406. The average molecular weight is 232 g/mol. The van der Waals surface area contributed by atoms with Crippen molar-refractivity contribution < 1.29 is 9.90 Å². The molecule has 0 radical (unpaired) electrons. The van der Waals surface area contributed by atoms with E-state index >= 15 is 0 Å². The topological polar surface area (TPSA) is 73.1 Å². The normalized spacial score (nSPS) is 11.5. The monoisotopic (exact) mass is 232 g/mol. The maximum Gasteiger partial charge on any atom is 0.224 e. The lowest BCUT2D eigenvalue weighted by Crippen LogP contribution is -2.35. The number of rotatable bonds is 5. The third kappa shape index (κ3) is 4.56. The quantitative estimate of drug-likeness (QED) is 0.812. The number of phenols is 1. The predicted molar refractivity (Wildman–Crippen MR) is 64.3 cm³/mol. The van der Waals surface area contributed by atoms with Crippen molar-refractivity contribution in [2.24, 2.45) is 0 Å². The first-order valence-corrected chi connectivity index (χ1v) is 5.60. The Kier molecular flexibility index (Phi) is 5.02. The standard InChI is InChI=1S/C13H16N2O2/c1-2-11(7-8-14)15-13(17)9-10-3-5-12(16)6-4-10/h3-6,11,16H,2,7,9H2,1H3,(H,15,17). The zero-order chi connectivity index (χ0) is 12.7. The molecule has 0 aliphatic rings. The van der Waals surface area contributed by atoms with Gasteiger partial charge in [0.1, 0.15) is 5.75 Å². The van der Waals surface area contributed by atoms with E-state index in [9.17, 15) is 4.79 Å². The molecule has 2 N–H and O–H groups in total. The van der Waals surface area contributed by atoms with Gasteiger partial charge < -0.3 is 10.4 Å². The van der Waals surface area contributed by atoms with Gasteiger partial charge in [0.2, 0.25) is 5.91 Å². The summed E-state index contributed by atoms with van der Waals surface area (Å²) in [4.78, 5) is 11.7. The van der Waals surface area contributed by atoms with Gasteiger partial charge in [-0.15, -0.1) is 0 Å². The number of phenolic OH excluding ortho intramolecular Hbond substituents is 1. The third-order valence-electron chi connectivity index (χ3n) is 2.50. The van der Waals surface area contributed by atoms with Gasteiger partial charge in [-0.25, -0.2) is 0 Å². The summed E-state index contributed by atoms with van der Waals surface area (Å²) >= 11 is 0. The molecule has 0 aliphatic heterocycles. The van der Waals surface area contributed by atoms with Gasteiger partial charge in [-0.3, -0.25) is 4.79 Å². The Morgan fingerprint density at radius 2 is 2.12 bits per heavy atom. The molecule has 0 saturated carbocycles. The first kappa shape index (κ1) is 13.0. The number of carbonyl (C=O) groups excluding carboxylic acids is 1. The van der Waals surface area contributed by atoms with Gasteiger partial charge in [0.25, 0.3) is 0 Å². The summed E-state index contributed by atoms with van der Waals surface area (Å²) in [6, 6.07) is 8.49. The van der Waals surface area contributed by atoms with Crippen molar-refractivity contribution in [1.82, 2.24) is 5.32 Å². The zero-order valence-corrected chi connectivity index (χ0v) is 9.81. The summed E-state index contributed by atoms with van der Waals surface area (Å²) in [5.41, 5.74) is 0.840. The molecule has 0 bridgehead atoms. The molecule has 0 aromatic heterocycles. The van der Waals surface area contributed by atoms with E-state index in [4.69, 9.17) is 10.4 Å². The van der Waals surface area contributed by atoms with Crippen molar-refractivity contribution in [3.05, 3.63) is 29.8 Å². The molecule has 1 atom stereocenters. The van der Waals surface area contributed by atoms with Crippen LogP contribution in [0.3, 0.4) is 0 Å². The van der Waals surface area contributed by atoms with E-state index in [2.05, 4.69) is 5.32 Å². The first-order chi connectivity index (χ1) is 8.15. The molecule has 1 aromatic rings. The van der Waals surface area contributed by atoms with Crippen molar-refractivity contribution in [2.45, 2.75) is 32.2 Å². The molecule has 17 heavy (non-hydrogen) atoms. The van der Waals surface area contributed by atoms with E-state index in [1.54, 1.807) is 24.3 Å². The van der Waals surface area contributed by atoms with Crippen molar-refractivity contribution in [2.75, 3.05) is 0 Å². The second-order valence-corrected chi connectivity index (χ2v) is 3.88. The number of nitriles is 1. The van der Waals surface area contributed by atoms with Gasteiger partial charge in [0.15, 0.2) is 0 Å². The number of hydrogen-bond acceptors (Lipinski definition) is 3. The lowest BCUT2D eigenvalue weighted by Gasteiger charge is -2.13. The number of nitrogens with zero attached hydrogens (tertiary/aromatic N) is 1. The maximum atomic E-state index is 11.7. The highest BCUT2D eigenvalue weighted by molar-refractivity contribution is 5.78. The number of aromatic hydroxyl groups is 1. The first-order valence-electron chi connectivity index (χ1n) is 5.60. The fraction of sp³-hybridized carbons (Fsp3) is 0.385. The van der Waals surface area contributed by atoms with E-state index < -0.39 is 0 Å². The zero-order valence-electron chi connectivity index (χ0n) is 9.81. The fourth-order valence-electron chi connectivity index (χ4n) is 1.49. The minimum absolute atomic E-state index is 0.0791. The van der Waals surface area contributed by atoms with Crippen LogP contribution in [0.1, 0.15) is 25.3 Å². The smallest absolute Gasteiger partial charge is 0.224 e. The summed E-state index contributed by atoms with van der Waals surface area (Å²) in [5.74, 6) is 0.0860. The van der Waals surface area contributed by atoms with Crippen molar-refractivity contribution in [3.8, 4) is 11.8 Å². The molecule has 0 saturated heterocycles. The molecular formula is C13H16N2O2. The van der Waals surface area contributed by atoms with Gasteiger partial charge in [-0.05, 0) is 24.1 Å². The number of benzene rings is 1. The van der Waals surface area contributed by atoms with E-state index in [1.807, 2.05) is 13.0 Å². The number of hydrogen-bond donors (Lipinski definition) is 2. The Balaban J connectivity index is 2.49. The molecule has 0 fully saturated rings. The van der Waals surface area contributed by atoms with Crippen LogP contribution in [0.25, 0.3) is 0 Å². The van der Waals surface area contributed by atoms with Crippen LogP contribution >= 0.6 is 0 Å². The summed E-state index contributed by atoms with van der Waals surface area (Å²) in [7, 11) is 0. The molecule has 0 spiro atoms. The highest BCUT2D eigenvalue weighted by Gasteiger charge is 2.10. The van der Waals surface area contributed by atoms with Crippen molar-refractivity contribution in [3.63, 3.8) is 0 Å². The van der Waals surface area contributed by atoms with Gasteiger partial charge >= 0.3 is 0 Å². The van der Waals surface area contributed by atoms with Gasteiger partial charge in [0.05, 0.1) is 18.9 Å². The minimum Gasteiger partial charge on any atom is -0.508 e. The van der Waals surface area contributed by atoms with Crippen LogP contribution in [0.2, 0.25) is 0 Å². The van der Waals surface area contributed by atoms with Crippen molar-refractivity contribution >= 4 is 5.91 Å². The fourth-order valence-corrected chi connectivity index (χ4v) is 1.49. The lowest BCUT2D eigenvalue weighted by atomic mass is 10.1. The maximum absolute atomic E-state index is 11.7. The Morgan fingerprint density at radius 3 is 2.65 bits per heavy atom. The molecular weight excluding hydrogens is 216 g/mol. The molecule has 0 aliphatic carbocycles. The van der Waals surface area contributed by atoms with Crippen LogP contribution in [-0.4, -0.2) is 17.1 Å². The number of nitrogens with one attached hydrogen (secondary N) is 1. The van der Waals surface area contributed by atoms with E-state index in [1.165, 1.54) is 0 Å². The van der Waals surface area contributed by atoms with E-state index in [-0.39, 0.29) is 24.1 Å². The van der Waals surface area contributed by atoms with Crippen LogP contribution in [-0.2, 0) is 11.2 Å². The molecule has 1 rings (SSSR count). The molecule has 1 aromatic carbocycles. The van der Waals surface area contributed by atoms with Crippen LogP contribution in [0, 0.1) is 11.3 Å². The van der Waals surface area contributed by atoms with Crippen LogP contribution < -0.4 is 5.32 Å². The average Bonchev–Trinajstić information content (AvgIpc) is 2.31. The molecule has 1 unspecified atom stereocenters. The molecule has 0 heterocycles. The predicted octanol–water partition coefficient (Wildman–Crippen LogP) is 1.74. The summed E-state index contributed by atoms with van der Waals surface area (Å²) in [5, 5.41) is 20.5. The minimum atomic E-state index is -0.0993. The van der Waals surface area contributed by atoms with E-state index in [0.717, 1.165) is 12.0 Å². The number of amides is 1. The largest absolute Gasteiger partial charge is 0.508 e. The van der Waals surface area contributed by atoms with Crippen LogP contribution in [0.4, 0.5) is 0 Å². The van der Waals surface area contributed by atoms with Crippen LogP contribution in [0.5, 0.6) is 5.75 Å². The Labute approximate surface area is 101 Å². The second kappa shape index (κ2) is 6.54. The van der Waals surface area contributed by atoms with Crippen LogP contribution in [0.15, 0.2) is 24.3 Å². The Morgan fingerprint density at radius 1 is 1.47 bits per heavy atom. The van der Waals surface area contributed by atoms with Crippen molar-refractivity contribution in [1.29, 1.82) is 5.26 Å². The molecule has 4 heteroatoms. The summed E-state index contributed by atoms with van der Waals surface area (Å²) < 4.78 is 0.